The molecule has 0 atom stereocenters. The standard InChI is InChI=1S/C13H15O.C2H7Si.ClH.Zr/c1-9-3-5-11(7-9)13(14)12-6-4-10(2)8-12;1-3-2;;/h3-4,7-8,13H,5-6H2,1-2H3;3H,1-2H3;1H;/q-1;;;+2/p-1. The molecule has 0 aliphatic heterocycles. The maximum atomic E-state index is 6.40. The van der Waals surface area contributed by atoms with Crippen LogP contribution in [0.4, 0.5) is 0 Å². The van der Waals surface area contributed by atoms with Crippen molar-refractivity contribution in [2.45, 2.75) is 45.9 Å². The minimum atomic E-state index is -0.574. The van der Waals surface area contributed by atoms with Crippen molar-refractivity contribution in [1.29, 1.82) is 0 Å². The number of hydrogen-bond acceptors (Lipinski definition) is 1. The van der Waals surface area contributed by atoms with Gasteiger partial charge in [0, 0.05) is 0 Å². The predicted octanol–water partition coefficient (Wildman–Crippen LogP) is 0.909. The third-order valence-corrected chi connectivity index (χ3v) is 8.91. The predicted molar refractivity (Wildman–Crippen MR) is 76.7 cm³/mol. The van der Waals surface area contributed by atoms with Crippen LogP contribution in [0.15, 0.2) is 46.6 Å². The quantitative estimate of drug-likeness (QED) is 0.652. The first kappa shape index (κ1) is 17.4. The second-order valence-electron chi connectivity index (χ2n) is 5.51. The average molecular weight is 373 g/mol. The van der Waals surface area contributed by atoms with Crippen LogP contribution < -0.4 is 12.4 Å². The van der Waals surface area contributed by atoms with Crippen LogP contribution in [-0.2, 0) is 25.6 Å². The molecule has 0 aromatic heterocycles. The van der Waals surface area contributed by atoms with E-state index in [4.69, 9.17) is 2.81 Å². The van der Waals surface area contributed by atoms with Gasteiger partial charge in [-0.1, -0.05) is 0 Å². The average Bonchev–Trinajstić information content (AvgIpc) is 2.89. The molecule has 0 N–H and O–H groups in total. The minimum absolute atomic E-state index is 0. The Labute approximate surface area is 136 Å². The molecule has 103 valence electrons. The molecule has 0 unspecified atom stereocenters. The van der Waals surface area contributed by atoms with Crippen molar-refractivity contribution in [3.63, 3.8) is 0 Å². The van der Waals surface area contributed by atoms with E-state index in [2.05, 4.69) is 51.2 Å². The van der Waals surface area contributed by atoms with E-state index < -0.39 is 28.8 Å². The van der Waals surface area contributed by atoms with Crippen LogP contribution >= 0.6 is 0 Å². The largest absolute Gasteiger partial charge is 1.00 e. The van der Waals surface area contributed by atoms with Crippen molar-refractivity contribution >= 4 is 5.92 Å². The van der Waals surface area contributed by atoms with Crippen LogP contribution in [0.5, 0.6) is 0 Å². The summed E-state index contributed by atoms with van der Waals surface area (Å²) in [6.45, 7) is 9.21. The Bertz CT molecular complexity index is 413. The number of halogens is 1. The van der Waals surface area contributed by atoms with E-state index in [1.807, 2.05) is 0 Å². The van der Waals surface area contributed by atoms with E-state index in [0.717, 1.165) is 12.8 Å². The summed E-state index contributed by atoms with van der Waals surface area (Å²) in [6, 6.07) is 0. The zero-order valence-corrected chi connectivity index (χ0v) is 16.5. The molecule has 0 saturated carbocycles. The van der Waals surface area contributed by atoms with Gasteiger partial charge in [0.1, 0.15) is 0 Å². The number of allylic oxidation sites excluding steroid dienone is 6. The van der Waals surface area contributed by atoms with Crippen molar-refractivity contribution in [1.82, 2.24) is 0 Å². The maximum Gasteiger partial charge on any atom is -1.00 e. The molecular formula is C15H22ClOSiZr. The van der Waals surface area contributed by atoms with Gasteiger partial charge in [-0.2, -0.15) is 0 Å². The fraction of sp³-hybridized carbons (Fsp3) is 0.467. The summed E-state index contributed by atoms with van der Waals surface area (Å²) in [6.07, 6.45) is 11.8. The second kappa shape index (κ2) is 7.93. The fourth-order valence-corrected chi connectivity index (χ4v) is 6.50. The van der Waals surface area contributed by atoms with Crippen LogP contribution in [0.1, 0.15) is 26.7 Å². The number of hydrogen-bond donors (Lipinski definition) is 0. The van der Waals surface area contributed by atoms with Gasteiger partial charge in [0.2, 0.25) is 0 Å². The molecule has 0 saturated heterocycles. The summed E-state index contributed by atoms with van der Waals surface area (Å²) in [7, 11) is 0. The summed E-state index contributed by atoms with van der Waals surface area (Å²) in [5, 5.41) is 0. The van der Waals surface area contributed by atoms with Crippen molar-refractivity contribution in [2.75, 3.05) is 0 Å². The molecule has 0 radical (unpaired) electrons. The SMILES string of the molecule is CC1=CCC(C([O][Zr+][SiH](C)C)C2=CC(C)=CC2)=C1.[Cl-]. The third kappa shape index (κ3) is 4.97. The molecule has 0 bridgehead atoms. The second-order valence-corrected chi connectivity index (χ2v) is 18.9. The van der Waals surface area contributed by atoms with Crippen molar-refractivity contribution < 1.29 is 38.1 Å². The molecule has 4 heteroatoms. The molecule has 0 amide bonds. The van der Waals surface area contributed by atoms with Gasteiger partial charge in [-0.05, 0) is 0 Å². The van der Waals surface area contributed by atoms with Gasteiger partial charge in [-0.25, -0.2) is 0 Å². The third-order valence-electron chi connectivity index (χ3n) is 3.24. The molecule has 2 rings (SSSR count). The molecule has 1 nitrogen and oxygen atoms in total. The van der Waals surface area contributed by atoms with Gasteiger partial charge in [-0.15, -0.1) is 0 Å². The van der Waals surface area contributed by atoms with Gasteiger partial charge < -0.3 is 12.4 Å². The van der Waals surface area contributed by atoms with Crippen LogP contribution in [0, 0.1) is 0 Å². The maximum absolute atomic E-state index is 6.40. The van der Waals surface area contributed by atoms with Crippen LogP contribution in [0.3, 0.4) is 0 Å². The monoisotopic (exact) mass is 371 g/mol. The summed E-state index contributed by atoms with van der Waals surface area (Å²) < 4.78 is 6.40. The zero-order chi connectivity index (χ0) is 13.1. The molecule has 0 spiro atoms. The summed E-state index contributed by atoms with van der Waals surface area (Å²) >= 11 is -0.574. The Kier molecular flexibility index (Phi) is 7.24. The Morgan fingerprint density at radius 3 is 1.84 bits per heavy atom. The molecule has 0 aromatic carbocycles. The number of rotatable bonds is 5. The molecule has 19 heavy (non-hydrogen) atoms. The Hall–Kier alpha value is 0.310. The Morgan fingerprint density at radius 2 is 1.53 bits per heavy atom. The van der Waals surface area contributed by atoms with Crippen molar-refractivity contribution in [3.05, 3.63) is 46.6 Å². The fourth-order valence-electron chi connectivity index (χ4n) is 2.34. The molecule has 0 heterocycles. The summed E-state index contributed by atoms with van der Waals surface area (Å²) in [5.41, 5.74) is 5.76. The first-order valence-electron chi connectivity index (χ1n) is 6.72. The zero-order valence-electron chi connectivity index (χ0n) is 12.2. The molecule has 2 aliphatic carbocycles. The first-order chi connectivity index (χ1) is 8.56. The smallest absolute Gasteiger partial charge is 1.00 e. The van der Waals surface area contributed by atoms with Crippen molar-refractivity contribution in [3.8, 4) is 0 Å². The Morgan fingerprint density at radius 1 is 1.05 bits per heavy atom. The van der Waals surface area contributed by atoms with Crippen LogP contribution in [-0.4, -0.2) is 12.0 Å². The molecule has 0 aromatic rings. The van der Waals surface area contributed by atoms with E-state index in [-0.39, 0.29) is 12.4 Å². The molecule has 0 fully saturated rings. The molecular weight excluding hydrogens is 351 g/mol. The minimum Gasteiger partial charge on any atom is -1.00 e. The van der Waals surface area contributed by atoms with E-state index in [1.54, 1.807) is 0 Å². The Balaban J connectivity index is 0.00000180. The van der Waals surface area contributed by atoms with Crippen LogP contribution in [0.25, 0.3) is 0 Å². The topological polar surface area (TPSA) is 9.23 Å². The summed E-state index contributed by atoms with van der Waals surface area (Å²) in [4.78, 5) is 0. The van der Waals surface area contributed by atoms with Gasteiger partial charge >= 0.3 is 124 Å². The van der Waals surface area contributed by atoms with E-state index in [0.29, 0.717) is 6.10 Å². The molecule has 2 aliphatic rings. The van der Waals surface area contributed by atoms with Gasteiger partial charge in [-0.3, -0.25) is 0 Å². The van der Waals surface area contributed by atoms with E-state index in [1.165, 1.54) is 22.3 Å². The van der Waals surface area contributed by atoms with E-state index in [9.17, 15) is 0 Å². The van der Waals surface area contributed by atoms with Crippen LogP contribution in [0.2, 0.25) is 13.1 Å². The van der Waals surface area contributed by atoms with Gasteiger partial charge in [0.25, 0.3) is 0 Å². The van der Waals surface area contributed by atoms with E-state index >= 15 is 0 Å². The van der Waals surface area contributed by atoms with Crippen molar-refractivity contribution in [2.24, 2.45) is 0 Å². The first-order valence-corrected chi connectivity index (χ1v) is 14.9. The summed E-state index contributed by atoms with van der Waals surface area (Å²) in [5.74, 6) is -0.485. The van der Waals surface area contributed by atoms with Gasteiger partial charge in [0.15, 0.2) is 0 Å². The normalized spacial score (nSPS) is 17.8. The van der Waals surface area contributed by atoms with Gasteiger partial charge in [0.05, 0.1) is 0 Å².